The van der Waals surface area contributed by atoms with Crippen LogP contribution in [0.4, 0.5) is 10.5 Å². The number of amides is 2. The Kier molecular flexibility index (Phi) is 6.49. The average molecular weight is 345 g/mol. The van der Waals surface area contributed by atoms with Crippen molar-refractivity contribution in [3.05, 3.63) is 58.5 Å². The molecule has 1 aromatic carbocycles. The van der Waals surface area contributed by atoms with Gasteiger partial charge in [-0.3, -0.25) is 4.79 Å². The molecule has 0 unspecified atom stereocenters. The molecule has 24 heavy (non-hydrogen) atoms. The highest BCUT2D eigenvalue weighted by atomic mass is 32.2. The molecule has 6 heteroatoms. The average Bonchev–Trinajstić information content (AvgIpc) is 2.57. The molecular formula is C18H23N3O2S. The summed E-state index contributed by atoms with van der Waals surface area (Å²) >= 11 is 1.72. The summed E-state index contributed by atoms with van der Waals surface area (Å²) in [4.78, 5) is 25.0. The third kappa shape index (κ3) is 5.16. The first-order valence-corrected chi connectivity index (χ1v) is 8.90. The number of nitrogens with one attached hydrogen (secondary N) is 2. The van der Waals surface area contributed by atoms with Gasteiger partial charge in [-0.2, -0.15) is 0 Å². The zero-order chi connectivity index (χ0) is 17.5. The van der Waals surface area contributed by atoms with Crippen molar-refractivity contribution in [2.75, 3.05) is 11.1 Å². The van der Waals surface area contributed by atoms with E-state index in [0.717, 1.165) is 17.7 Å². The molecule has 0 saturated carbocycles. The van der Waals surface area contributed by atoms with Gasteiger partial charge in [-0.15, -0.1) is 11.8 Å². The maximum Gasteiger partial charge on any atom is 0.319 e. The van der Waals surface area contributed by atoms with Crippen LogP contribution in [0, 0.1) is 6.92 Å². The van der Waals surface area contributed by atoms with Crippen molar-refractivity contribution in [3.8, 4) is 0 Å². The van der Waals surface area contributed by atoms with Gasteiger partial charge in [-0.05, 0) is 31.0 Å². The fraction of sp³-hybridized carbons (Fsp3) is 0.333. The summed E-state index contributed by atoms with van der Waals surface area (Å²) in [5.74, 6) is 0.806. The minimum absolute atomic E-state index is 0.0723. The van der Waals surface area contributed by atoms with E-state index >= 15 is 0 Å². The van der Waals surface area contributed by atoms with Gasteiger partial charge in [0, 0.05) is 36.0 Å². The van der Waals surface area contributed by atoms with Crippen LogP contribution in [-0.2, 0) is 7.05 Å². The van der Waals surface area contributed by atoms with Crippen LogP contribution in [-0.4, -0.2) is 22.4 Å². The van der Waals surface area contributed by atoms with Crippen molar-refractivity contribution in [2.24, 2.45) is 7.05 Å². The third-order valence-electron chi connectivity index (χ3n) is 3.71. The molecule has 0 radical (unpaired) electrons. The highest BCUT2D eigenvalue weighted by molar-refractivity contribution is 7.99. The normalized spacial score (nSPS) is 11.8. The molecule has 0 spiro atoms. The molecule has 128 valence electrons. The van der Waals surface area contributed by atoms with E-state index in [1.807, 2.05) is 25.1 Å². The second-order valence-corrected chi connectivity index (χ2v) is 6.74. The molecule has 1 atom stereocenters. The van der Waals surface area contributed by atoms with Gasteiger partial charge in [0.2, 0.25) is 0 Å². The molecule has 0 aliphatic heterocycles. The number of urea groups is 1. The Labute approximate surface area is 146 Å². The molecule has 0 saturated heterocycles. The van der Waals surface area contributed by atoms with Crippen molar-refractivity contribution in [2.45, 2.75) is 31.2 Å². The minimum Gasteiger partial charge on any atom is -0.334 e. The fourth-order valence-corrected chi connectivity index (χ4v) is 3.24. The summed E-state index contributed by atoms with van der Waals surface area (Å²) in [5.41, 5.74) is 1.30. The summed E-state index contributed by atoms with van der Waals surface area (Å²) in [6, 6.07) is 11.5. The SMILES string of the molecule is CC[C@@H](CSc1ccccc1)NC(=O)Nc1cn(C)c(=O)cc1C. The Balaban J connectivity index is 1.92. The van der Waals surface area contributed by atoms with Crippen molar-refractivity contribution in [3.63, 3.8) is 0 Å². The predicted molar refractivity (Wildman–Crippen MR) is 99.8 cm³/mol. The van der Waals surface area contributed by atoms with Crippen molar-refractivity contribution >= 4 is 23.5 Å². The lowest BCUT2D eigenvalue weighted by Crippen LogP contribution is -2.39. The molecule has 2 N–H and O–H groups in total. The molecule has 5 nitrogen and oxygen atoms in total. The van der Waals surface area contributed by atoms with Gasteiger partial charge >= 0.3 is 6.03 Å². The second-order valence-electron chi connectivity index (χ2n) is 5.65. The topological polar surface area (TPSA) is 63.1 Å². The number of hydrogen-bond donors (Lipinski definition) is 2. The number of anilines is 1. The Morgan fingerprint density at radius 2 is 2.00 bits per heavy atom. The van der Waals surface area contributed by atoms with Crippen LogP contribution in [0.15, 0.2) is 52.3 Å². The Hall–Kier alpha value is -2.21. The number of thioether (sulfide) groups is 1. The maximum absolute atomic E-state index is 12.2. The van der Waals surface area contributed by atoms with Crippen molar-refractivity contribution in [1.29, 1.82) is 0 Å². The van der Waals surface area contributed by atoms with Gasteiger partial charge in [0.1, 0.15) is 0 Å². The molecular weight excluding hydrogens is 322 g/mol. The molecule has 1 heterocycles. The van der Waals surface area contributed by atoms with E-state index in [2.05, 4.69) is 22.8 Å². The van der Waals surface area contributed by atoms with E-state index in [9.17, 15) is 9.59 Å². The Bertz CT molecular complexity index is 744. The van der Waals surface area contributed by atoms with Gasteiger partial charge in [0.05, 0.1) is 5.69 Å². The van der Waals surface area contributed by atoms with E-state index < -0.39 is 0 Å². The van der Waals surface area contributed by atoms with Crippen LogP contribution in [0.25, 0.3) is 0 Å². The number of carbonyl (C=O) groups is 1. The fourth-order valence-electron chi connectivity index (χ4n) is 2.17. The van der Waals surface area contributed by atoms with Crippen LogP contribution in [0.2, 0.25) is 0 Å². The second kappa shape index (κ2) is 8.59. The van der Waals surface area contributed by atoms with E-state index in [1.54, 1.807) is 31.9 Å². The van der Waals surface area contributed by atoms with Gasteiger partial charge < -0.3 is 15.2 Å². The van der Waals surface area contributed by atoms with Gasteiger partial charge in [0.15, 0.2) is 0 Å². The van der Waals surface area contributed by atoms with Gasteiger partial charge in [-0.1, -0.05) is 25.1 Å². The first-order chi connectivity index (χ1) is 11.5. The third-order valence-corrected chi connectivity index (χ3v) is 4.88. The largest absolute Gasteiger partial charge is 0.334 e. The van der Waals surface area contributed by atoms with Crippen molar-refractivity contribution < 1.29 is 4.79 Å². The molecule has 0 fully saturated rings. The van der Waals surface area contributed by atoms with Crippen LogP contribution in [0.1, 0.15) is 18.9 Å². The zero-order valence-corrected chi connectivity index (χ0v) is 15.0. The number of rotatable bonds is 6. The number of hydrogen-bond acceptors (Lipinski definition) is 3. The zero-order valence-electron chi connectivity index (χ0n) is 14.2. The maximum atomic E-state index is 12.2. The summed E-state index contributed by atoms with van der Waals surface area (Å²) in [6.45, 7) is 3.85. The highest BCUT2D eigenvalue weighted by Gasteiger charge is 2.12. The standard InChI is InChI=1S/C18H23N3O2S/c1-4-14(12-24-15-8-6-5-7-9-15)19-18(23)20-16-11-21(3)17(22)10-13(16)2/h5-11,14H,4,12H2,1-3H3,(H2,19,20,23)/t14-/m0/s1. The van der Waals surface area contributed by atoms with Crippen molar-refractivity contribution in [1.82, 2.24) is 9.88 Å². The lowest BCUT2D eigenvalue weighted by molar-refractivity contribution is 0.249. The summed E-state index contributed by atoms with van der Waals surface area (Å²) in [6.07, 6.45) is 2.48. The van der Waals surface area contributed by atoms with Gasteiger partial charge in [-0.25, -0.2) is 4.79 Å². The Morgan fingerprint density at radius 3 is 2.67 bits per heavy atom. The molecule has 0 bridgehead atoms. The molecule has 1 aromatic heterocycles. The summed E-state index contributed by atoms with van der Waals surface area (Å²) in [5, 5.41) is 5.81. The van der Waals surface area contributed by atoms with Crippen LogP contribution in [0.5, 0.6) is 0 Å². The number of benzene rings is 1. The molecule has 0 aliphatic rings. The van der Waals surface area contributed by atoms with E-state index in [0.29, 0.717) is 5.69 Å². The van der Waals surface area contributed by atoms with E-state index in [4.69, 9.17) is 0 Å². The number of pyridine rings is 1. The Morgan fingerprint density at radius 1 is 1.29 bits per heavy atom. The minimum atomic E-state index is -0.253. The molecule has 2 rings (SSSR count). The van der Waals surface area contributed by atoms with E-state index in [1.165, 1.54) is 15.5 Å². The first kappa shape index (κ1) is 18.1. The van der Waals surface area contributed by atoms with Crippen LogP contribution < -0.4 is 16.2 Å². The number of nitrogens with zero attached hydrogens (tertiary/aromatic N) is 1. The smallest absolute Gasteiger partial charge is 0.319 e. The number of aryl methyl sites for hydroxylation is 2. The van der Waals surface area contributed by atoms with Crippen LogP contribution in [0.3, 0.4) is 0 Å². The summed E-state index contributed by atoms with van der Waals surface area (Å²) in [7, 11) is 1.66. The lowest BCUT2D eigenvalue weighted by atomic mass is 10.2. The number of carbonyl (C=O) groups excluding carboxylic acids is 1. The van der Waals surface area contributed by atoms with Crippen LogP contribution >= 0.6 is 11.8 Å². The molecule has 2 aromatic rings. The van der Waals surface area contributed by atoms with E-state index in [-0.39, 0.29) is 17.6 Å². The summed E-state index contributed by atoms with van der Waals surface area (Å²) < 4.78 is 1.45. The molecule has 0 aliphatic carbocycles. The number of aromatic nitrogens is 1. The lowest BCUT2D eigenvalue weighted by Gasteiger charge is -2.18. The monoisotopic (exact) mass is 345 g/mol. The quantitative estimate of drug-likeness (QED) is 0.789. The molecule has 2 amide bonds. The highest BCUT2D eigenvalue weighted by Crippen LogP contribution is 2.19. The first-order valence-electron chi connectivity index (χ1n) is 7.92. The van der Waals surface area contributed by atoms with Gasteiger partial charge in [0.25, 0.3) is 5.56 Å². The predicted octanol–water partition coefficient (Wildman–Crippen LogP) is 3.39.